The Morgan fingerprint density at radius 2 is 2.06 bits per heavy atom. The first-order chi connectivity index (χ1) is 8.60. The molecule has 0 fully saturated rings. The average Bonchev–Trinajstić information content (AvgIpc) is 2.33. The number of methoxy groups -OCH3 is 1. The largest absolute Gasteiger partial charge is 0.494 e. The summed E-state index contributed by atoms with van der Waals surface area (Å²) in [6, 6.07) is 10.4. The maximum Gasteiger partial charge on any atom is 0.167 e. The van der Waals surface area contributed by atoms with Crippen LogP contribution in [0.15, 0.2) is 40.9 Å². The molecular weight excluding hydrogens is 299 g/mol. The smallest absolute Gasteiger partial charge is 0.167 e. The summed E-state index contributed by atoms with van der Waals surface area (Å²) in [5.74, 6) is -0.323. The number of ether oxygens (including phenoxy) is 1. The van der Waals surface area contributed by atoms with Gasteiger partial charge in [0.05, 0.1) is 18.5 Å². The zero-order valence-corrected chi connectivity index (χ0v) is 11.3. The molecule has 3 N–H and O–H groups in total. The van der Waals surface area contributed by atoms with E-state index in [4.69, 9.17) is 10.5 Å². The number of rotatable bonds is 3. The second-order valence-corrected chi connectivity index (χ2v) is 4.63. The number of halogens is 2. The van der Waals surface area contributed by atoms with E-state index in [1.807, 2.05) is 24.3 Å². The van der Waals surface area contributed by atoms with Crippen molar-refractivity contribution < 1.29 is 9.13 Å². The number of nitrogens with one attached hydrogen (secondary N) is 1. The van der Waals surface area contributed by atoms with Gasteiger partial charge in [-0.25, -0.2) is 4.39 Å². The molecule has 0 bridgehead atoms. The molecule has 0 saturated carbocycles. The molecule has 94 valence electrons. The highest BCUT2D eigenvalue weighted by molar-refractivity contribution is 9.10. The monoisotopic (exact) mass is 310 g/mol. The molecule has 0 aliphatic rings. The van der Waals surface area contributed by atoms with E-state index in [1.165, 1.54) is 19.2 Å². The van der Waals surface area contributed by atoms with Crippen molar-refractivity contribution in [2.75, 3.05) is 18.2 Å². The van der Waals surface area contributed by atoms with Gasteiger partial charge in [0, 0.05) is 22.3 Å². The van der Waals surface area contributed by atoms with Crippen molar-refractivity contribution in [3.63, 3.8) is 0 Å². The fraction of sp³-hybridized carbons (Fsp3) is 0.0769. The first-order valence-electron chi connectivity index (χ1n) is 5.26. The summed E-state index contributed by atoms with van der Waals surface area (Å²) in [5, 5.41) is 3.11. The van der Waals surface area contributed by atoms with Gasteiger partial charge in [-0.05, 0) is 18.2 Å². The zero-order valence-electron chi connectivity index (χ0n) is 9.71. The van der Waals surface area contributed by atoms with Gasteiger partial charge in [0.2, 0.25) is 0 Å². The van der Waals surface area contributed by atoms with Crippen LogP contribution in [0.4, 0.5) is 21.5 Å². The Labute approximate surface area is 113 Å². The van der Waals surface area contributed by atoms with Crippen molar-refractivity contribution in [1.29, 1.82) is 0 Å². The van der Waals surface area contributed by atoms with Crippen LogP contribution in [-0.2, 0) is 0 Å². The Hall–Kier alpha value is -1.75. The SMILES string of the molecule is COc1cc(Nc2cccc(Br)c2)c(N)cc1F. The van der Waals surface area contributed by atoms with Crippen molar-refractivity contribution in [3.8, 4) is 5.75 Å². The molecule has 0 aliphatic heterocycles. The Bertz CT molecular complexity index is 575. The van der Waals surface area contributed by atoms with Crippen LogP contribution in [0.3, 0.4) is 0 Å². The van der Waals surface area contributed by atoms with Gasteiger partial charge in [0.15, 0.2) is 11.6 Å². The maximum atomic E-state index is 13.4. The van der Waals surface area contributed by atoms with E-state index in [0.29, 0.717) is 11.4 Å². The Kier molecular flexibility index (Phi) is 3.72. The summed E-state index contributed by atoms with van der Waals surface area (Å²) in [6.07, 6.45) is 0. The van der Waals surface area contributed by atoms with Gasteiger partial charge in [-0.1, -0.05) is 22.0 Å². The average molecular weight is 311 g/mol. The summed E-state index contributed by atoms with van der Waals surface area (Å²) < 4.78 is 19.3. The van der Waals surface area contributed by atoms with Crippen LogP contribution < -0.4 is 15.8 Å². The molecule has 0 spiro atoms. The van der Waals surface area contributed by atoms with E-state index in [2.05, 4.69) is 21.2 Å². The normalized spacial score (nSPS) is 10.2. The van der Waals surface area contributed by atoms with Gasteiger partial charge in [-0.3, -0.25) is 0 Å². The van der Waals surface area contributed by atoms with Crippen LogP contribution in [0, 0.1) is 5.82 Å². The minimum absolute atomic E-state index is 0.154. The lowest BCUT2D eigenvalue weighted by molar-refractivity contribution is 0.387. The van der Waals surface area contributed by atoms with E-state index in [0.717, 1.165) is 10.2 Å². The molecule has 3 nitrogen and oxygen atoms in total. The van der Waals surface area contributed by atoms with E-state index in [-0.39, 0.29) is 5.75 Å². The van der Waals surface area contributed by atoms with E-state index < -0.39 is 5.82 Å². The van der Waals surface area contributed by atoms with Crippen LogP contribution >= 0.6 is 15.9 Å². The molecule has 18 heavy (non-hydrogen) atoms. The molecule has 0 aromatic heterocycles. The molecule has 0 saturated heterocycles. The van der Waals surface area contributed by atoms with Gasteiger partial charge < -0.3 is 15.8 Å². The van der Waals surface area contributed by atoms with Crippen LogP contribution in [-0.4, -0.2) is 7.11 Å². The lowest BCUT2D eigenvalue weighted by Crippen LogP contribution is -1.99. The van der Waals surface area contributed by atoms with Gasteiger partial charge in [0.25, 0.3) is 0 Å². The summed E-state index contributed by atoms with van der Waals surface area (Å²) >= 11 is 3.38. The highest BCUT2D eigenvalue weighted by Gasteiger charge is 2.08. The number of hydrogen-bond acceptors (Lipinski definition) is 3. The standard InChI is InChI=1S/C13H12BrFN2O/c1-18-13-7-12(11(16)6-10(13)15)17-9-4-2-3-8(14)5-9/h2-7,17H,16H2,1H3. The molecule has 0 unspecified atom stereocenters. The molecule has 0 heterocycles. The minimum Gasteiger partial charge on any atom is -0.494 e. The number of nitrogen functional groups attached to an aromatic ring is 1. The minimum atomic E-state index is -0.477. The molecule has 2 rings (SSSR count). The molecule has 0 radical (unpaired) electrons. The third kappa shape index (κ3) is 2.73. The number of hydrogen-bond donors (Lipinski definition) is 2. The maximum absolute atomic E-state index is 13.4. The zero-order chi connectivity index (χ0) is 13.1. The number of benzene rings is 2. The highest BCUT2D eigenvalue weighted by Crippen LogP contribution is 2.30. The Balaban J connectivity index is 2.34. The molecule has 0 amide bonds. The molecule has 5 heteroatoms. The second kappa shape index (κ2) is 5.27. The lowest BCUT2D eigenvalue weighted by Gasteiger charge is -2.12. The van der Waals surface area contributed by atoms with E-state index in [9.17, 15) is 4.39 Å². The lowest BCUT2D eigenvalue weighted by atomic mass is 10.2. The first kappa shape index (κ1) is 12.7. The highest BCUT2D eigenvalue weighted by atomic mass is 79.9. The Morgan fingerprint density at radius 1 is 1.28 bits per heavy atom. The third-order valence-electron chi connectivity index (χ3n) is 2.43. The molecule has 2 aromatic carbocycles. The van der Waals surface area contributed by atoms with Crippen molar-refractivity contribution in [3.05, 3.63) is 46.7 Å². The summed E-state index contributed by atoms with van der Waals surface area (Å²) in [6.45, 7) is 0. The predicted octanol–water partition coefficient (Wildman–Crippen LogP) is 3.92. The fourth-order valence-corrected chi connectivity index (χ4v) is 1.95. The summed E-state index contributed by atoms with van der Waals surface area (Å²) in [7, 11) is 1.41. The van der Waals surface area contributed by atoms with E-state index >= 15 is 0 Å². The molecular formula is C13H12BrFN2O. The Morgan fingerprint density at radius 3 is 2.72 bits per heavy atom. The molecule has 2 aromatic rings. The summed E-state index contributed by atoms with van der Waals surface area (Å²) in [4.78, 5) is 0. The van der Waals surface area contributed by atoms with Crippen LogP contribution in [0.5, 0.6) is 5.75 Å². The van der Waals surface area contributed by atoms with Crippen molar-refractivity contribution in [1.82, 2.24) is 0 Å². The van der Waals surface area contributed by atoms with Gasteiger partial charge in [0.1, 0.15) is 0 Å². The van der Waals surface area contributed by atoms with Crippen LogP contribution in [0.2, 0.25) is 0 Å². The molecule has 0 atom stereocenters. The van der Waals surface area contributed by atoms with Gasteiger partial charge >= 0.3 is 0 Å². The topological polar surface area (TPSA) is 47.3 Å². The first-order valence-corrected chi connectivity index (χ1v) is 6.05. The quantitative estimate of drug-likeness (QED) is 0.845. The van der Waals surface area contributed by atoms with Crippen LogP contribution in [0.1, 0.15) is 0 Å². The molecule has 0 aliphatic carbocycles. The third-order valence-corrected chi connectivity index (χ3v) is 2.92. The second-order valence-electron chi connectivity index (χ2n) is 3.71. The number of anilines is 3. The number of nitrogens with two attached hydrogens (primary N) is 1. The van der Waals surface area contributed by atoms with Crippen molar-refractivity contribution in [2.24, 2.45) is 0 Å². The van der Waals surface area contributed by atoms with Gasteiger partial charge in [-0.2, -0.15) is 0 Å². The van der Waals surface area contributed by atoms with Crippen molar-refractivity contribution >= 4 is 33.0 Å². The fourth-order valence-electron chi connectivity index (χ4n) is 1.56. The predicted molar refractivity (Wildman–Crippen MR) is 74.8 cm³/mol. The van der Waals surface area contributed by atoms with Crippen LogP contribution in [0.25, 0.3) is 0 Å². The van der Waals surface area contributed by atoms with Crippen molar-refractivity contribution in [2.45, 2.75) is 0 Å². The summed E-state index contributed by atoms with van der Waals surface area (Å²) in [5.41, 5.74) is 7.54. The van der Waals surface area contributed by atoms with E-state index in [1.54, 1.807) is 0 Å². The van der Waals surface area contributed by atoms with Gasteiger partial charge in [-0.15, -0.1) is 0 Å².